The molecular formula is C12H15ClN2O2. The Hall–Kier alpha value is -1.10. The van der Waals surface area contributed by atoms with Gasteiger partial charge in [-0.25, -0.2) is 4.99 Å². The highest BCUT2D eigenvalue weighted by atomic mass is 35.5. The summed E-state index contributed by atoms with van der Waals surface area (Å²) in [6.07, 6.45) is 0. The SMILES string of the molecule is CC1(c2cccc(N=C(N)CCl)c2)OCCO1. The predicted molar refractivity (Wildman–Crippen MR) is 67.7 cm³/mol. The van der Waals surface area contributed by atoms with Crippen molar-refractivity contribution in [3.63, 3.8) is 0 Å². The third-order valence-electron chi connectivity index (χ3n) is 2.62. The molecule has 5 heteroatoms. The minimum Gasteiger partial charge on any atom is -0.386 e. The van der Waals surface area contributed by atoms with Crippen LogP contribution in [0.25, 0.3) is 0 Å². The first kappa shape index (κ1) is 12.4. The molecule has 0 aliphatic carbocycles. The zero-order valence-corrected chi connectivity index (χ0v) is 10.4. The molecule has 1 aliphatic rings. The van der Waals surface area contributed by atoms with Gasteiger partial charge in [-0.1, -0.05) is 12.1 Å². The topological polar surface area (TPSA) is 56.8 Å². The lowest BCUT2D eigenvalue weighted by Crippen LogP contribution is -2.22. The smallest absolute Gasteiger partial charge is 0.192 e. The highest BCUT2D eigenvalue weighted by Crippen LogP contribution is 2.32. The standard InChI is InChI=1S/C12H15ClN2O2/c1-12(16-5-6-17-12)9-3-2-4-10(7-9)15-11(14)8-13/h2-4,7H,5-6,8H2,1H3,(H2,14,15). The van der Waals surface area contributed by atoms with Gasteiger partial charge in [0.2, 0.25) is 0 Å². The third kappa shape index (κ3) is 2.77. The van der Waals surface area contributed by atoms with Gasteiger partial charge in [0.05, 0.1) is 24.8 Å². The maximum absolute atomic E-state index is 5.60. The van der Waals surface area contributed by atoms with E-state index < -0.39 is 5.79 Å². The van der Waals surface area contributed by atoms with Gasteiger partial charge in [0.25, 0.3) is 0 Å². The lowest BCUT2D eigenvalue weighted by atomic mass is 10.1. The van der Waals surface area contributed by atoms with Crippen molar-refractivity contribution < 1.29 is 9.47 Å². The molecule has 0 saturated carbocycles. The van der Waals surface area contributed by atoms with Crippen LogP contribution in [0.3, 0.4) is 0 Å². The minimum absolute atomic E-state index is 0.217. The number of amidine groups is 1. The number of alkyl halides is 1. The normalized spacial score (nSPS) is 19.5. The van der Waals surface area contributed by atoms with Crippen molar-refractivity contribution in [1.82, 2.24) is 0 Å². The van der Waals surface area contributed by atoms with Crippen LogP contribution in [-0.4, -0.2) is 24.9 Å². The monoisotopic (exact) mass is 254 g/mol. The molecule has 2 N–H and O–H groups in total. The van der Waals surface area contributed by atoms with E-state index in [2.05, 4.69) is 4.99 Å². The minimum atomic E-state index is -0.679. The van der Waals surface area contributed by atoms with Crippen molar-refractivity contribution in [2.45, 2.75) is 12.7 Å². The quantitative estimate of drug-likeness (QED) is 0.511. The van der Waals surface area contributed by atoms with Crippen molar-refractivity contribution in [2.24, 2.45) is 10.7 Å². The molecule has 0 atom stereocenters. The van der Waals surface area contributed by atoms with Gasteiger partial charge in [-0.15, -0.1) is 11.6 Å². The van der Waals surface area contributed by atoms with E-state index in [0.717, 1.165) is 11.3 Å². The fraction of sp³-hybridized carbons (Fsp3) is 0.417. The second-order valence-corrected chi connectivity index (χ2v) is 4.20. The number of ether oxygens (including phenoxy) is 2. The van der Waals surface area contributed by atoms with Crippen LogP contribution in [0.4, 0.5) is 5.69 Å². The number of hydrogen-bond donors (Lipinski definition) is 1. The summed E-state index contributed by atoms with van der Waals surface area (Å²) in [5.41, 5.74) is 7.28. The Balaban J connectivity index is 2.28. The van der Waals surface area contributed by atoms with Crippen LogP contribution in [0.1, 0.15) is 12.5 Å². The van der Waals surface area contributed by atoms with Crippen molar-refractivity contribution >= 4 is 23.1 Å². The van der Waals surface area contributed by atoms with Gasteiger partial charge >= 0.3 is 0 Å². The zero-order chi connectivity index (χ0) is 12.3. The number of rotatable bonds is 3. The number of hydrogen-bond acceptors (Lipinski definition) is 3. The molecule has 0 amide bonds. The predicted octanol–water partition coefficient (Wildman–Crippen LogP) is 2.13. The van der Waals surface area contributed by atoms with E-state index in [1.807, 2.05) is 31.2 Å². The van der Waals surface area contributed by atoms with Gasteiger partial charge in [-0.3, -0.25) is 0 Å². The highest BCUT2D eigenvalue weighted by molar-refractivity contribution is 6.28. The van der Waals surface area contributed by atoms with Gasteiger partial charge in [-0.05, 0) is 19.1 Å². The first-order valence-electron chi connectivity index (χ1n) is 5.41. The van der Waals surface area contributed by atoms with Crippen molar-refractivity contribution in [3.05, 3.63) is 29.8 Å². The molecule has 1 heterocycles. The Morgan fingerprint density at radius 1 is 1.47 bits per heavy atom. The van der Waals surface area contributed by atoms with Crippen LogP contribution in [0.2, 0.25) is 0 Å². The van der Waals surface area contributed by atoms with Crippen LogP contribution in [0.5, 0.6) is 0 Å². The Labute approximate surface area is 105 Å². The summed E-state index contributed by atoms with van der Waals surface area (Å²) >= 11 is 5.59. The summed E-state index contributed by atoms with van der Waals surface area (Å²) in [7, 11) is 0. The van der Waals surface area contributed by atoms with Gasteiger partial charge in [-0.2, -0.15) is 0 Å². The average molecular weight is 255 g/mol. The summed E-state index contributed by atoms with van der Waals surface area (Å²) in [6.45, 7) is 3.11. The van der Waals surface area contributed by atoms with E-state index in [1.165, 1.54) is 0 Å². The van der Waals surface area contributed by atoms with Crippen LogP contribution >= 0.6 is 11.6 Å². The summed E-state index contributed by atoms with van der Waals surface area (Å²) < 4.78 is 11.2. The molecule has 0 spiro atoms. The fourth-order valence-corrected chi connectivity index (χ4v) is 1.79. The second kappa shape index (κ2) is 5.04. The summed E-state index contributed by atoms with van der Waals surface area (Å²) in [4.78, 5) is 4.19. The highest BCUT2D eigenvalue weighted by Gasteiger charge is 2.33. The van der Waals surface area contributed by atoms with Gasteiger partial charge in [0, 0.05) is 5.56 Å². The maximum Gasteiger partial charge on any atom is 0.192 e. The van der Waals surface area contributed by atoms with E-state index in [0.29, 0.717) is 19.0 Å². The molecule has 4 nitrogen and oxygen atoms in total. The first-order chi connectivity index (χ1) is 8.14. The molecule has 1 aromatic rings. The summed E-state index contributed by atoms with van der Waals surface area (Å²) in [6, 6.07) is 7.60. The Morgan fingerprint density at radius 2 is 2.18 bits per heavy atom. The van der Waals surface area contributed by atoms with Crippen LogP contribution in [-0.2, 0) is 15.3 Å². The zero-order valence-electron chi connectivity index (χ0n) is 9.65. The molecular weight excluding hydrogens is 240 g/mol. The molecule has 1 aliphatic heterocycles. The largest absolute Gasteiger partial charge is 0.386 e. The Bertz CT molecular complexity index is 428. The van der Waals surface area contributed by atoms with E-state index >= 15 is 0 Å². The molecule has 1 saturated heterocycles. The fourth-order valence-electron chi connectivity index (χ4n) is 1.73. The molecule has 2 rings (SSSR count). The summed E-state index contributed by atoms with van der Waals surface area (Å²) in [5.74, 6) is -0.0716. The lowest BCUT2D eigenvalue weighted by Gasteiger charge is -2.22. The third-order valence-corrected chi connectivity index (χ3v) is 2.89. The van der Waals surface area contributed by atoms with Crippen molar-refractivity contribution in [1.29, 1.82) is 0 Å². The number of nitrogens with two attached hydrogens (primary N) is 1. The van der Waals surface area contributed by atoms with Crippen LogP contribution in [0, 0.1) is 0 Å². The molecule has 0 unspecified atom stereocenters. The molecule has 1 aromatic carbocycles. The number of halogens is 1. The van der Waals surface area contributed by atoms with E-state index in [4.69, 9.17) is 26.8 Å². The number of benzene rings is 1. The average Bonchev–Trinajstić information content (AvgIpc) is 2.78. The van der Waals surface area contributed by atoms with Gasteiger partial charge in [0.1, 0.15) is 5.84 Å². The second-order valence-electron chi connectivity index (χ2n) is 3.93. The van der Waals surface area contributed by atoms with Crippen molar-refractivity contribution in [2.75, 3.05) is 19.1 Å². The van der Waals surface area contributed by atoms with Crippen molar-refractivity contribution in [3.8, 4) is 0 Å². The van der Waals surface area contributed by atoms with E-state index in [1.54, 1.807) is 0 Å². The van der Waals surface area contributed by atoms with Gasteiger partial charge in [0.15, 0.2) is 5.79 Å². The molecule has 1 fully saturated rings. The van der Waals surface area contributed by atoms with Crippen LogP contribution in [0.15, 0.2) is 29.3 Å². The molecule has 17 heavy (non-hydrogen) atoms. The molecule has 92 valence electrons. The summed E-state index contributed by atoms with van der Waals surface area (Å²) in [5, 5.41) is 0. The first-order valence-corrected chi connectivity index (χ1v) is 5.95. The van der Waals surface area contributed by atoms with E-state index in [9.17, 15) is 0 Å². The van der Waals surface area contributed by atoms with Gasteiger partial charge < -0.3 is 15.2 Å². The molecule has 0 bridgehead atoms. The maximum atomic E-state index is 5.60. The van der Waals surface area contributed by atoms with E-state index in [-0.39, 0.29) is 5.88 Å². The Morgan fingerprint density at radius 3 is 2.82 bits per heavy atom. The lowest BCUT2D eigenvalue weighted by molar-refractivity contribution is -0.149. The molecule has 0 radical (unpaired) electrons. The Kier molecular flexibility index (Phi) is 3.66. The molecule has 0 aromatic heterocycles. The number of aliphatic imine (C=N–C) groups is 1. The van der Waals surface area contributed by atoms with Crippen LogP contribution < -0.4 is 5.73 Å². The number of nitrogens with zero attached hydrogens (tertiary/aromatic N) is 1.